The van der Waals surface area contributed by atoms with Crippen LogP contribution in [0.15, 0.2) is 206 Å². The van der Waals surface area contributed by atoms with Crippen molar-refractivity contribution in [3.05, 3.63) is 229 Å². The van der Waals surface area contributed by atoms with E-state index in [4.69, 9.17) is 9.97 Å². The molecule has 2 nitrogen and oxygen atoms in total. The second-order valence-corrected chi connectivity index (χ2v) is 13.7. The molecule has 0 unspecified atom stereocenters. The second-order valence-electron chi connectivity index (χ2n) is 13.7. The highest BCUT2D eigenvalue weighted by Gasteiger charge is 2.48. The monoisotopic (exact) mass is 674 g/mol. The fourth-order valence-electron chi connectivity index (χ4n) is 8.44. The number of nitrogens with zero attached hydrogens (tertiary/aromatic N) is 2. The lowest BCUT2D eigenvalue weighted by atomic mass is 9.66. The number of aromatic nitrogens is 2. The van der Waals surface area contributed by atoms with Gasteiger partial charge in [-0.1, -0.05) is 194 Å². The first-order valence-electron chi connectivity index (χ1n) is 18.2. The van der Waals surface area contributed by atoms with Crippen LogP contribution in [0.2, 0.25) is 0 Å². The molecule has 1 aliphatic rings. The molecule has 0 amide bonds. The minimum absolute atomic E-state index is 0.493. The molecule has 0 N–H and O–H groups in total. The Morgan fingerprint density at radius 2 is 0.849 bits per heavy atom. The zero-order valence-corrected chi connectivity index (χ0v) is 29.0. The molecule has 1 aromatic heterocycles. The van der Waals surface area contributed by atoms with Gasteiger partial charge in [0.15, 0.2) is 5.82 Å². The minimum atomic E-state index is -0.493. The Kier molecular flexibility index (Phi) is 7.40. The maximum atomic E-state index is 5.11. The van der Waals surface area contributed by atoms with Crippen molar-refractivity contribution in [2.24, 2.45) is 0 Å². The van der Waals surface area contributed by atoms with Crippen LogP contribution in [-0.4, -0.2) is 9.97 Å². The van der Waals surface area contributed by atoms with Crippen LogP contribution in [0, 0.1) is 0 Å². The molecule has 1 aliphatic carbocycles. The summed E-state index contributed by atoms with van der Waals surface area (Å²) in [7, 11) is 0. The molecular formula is C51H34N2. The molecule has 0 saturated heterocycles. The maximum absolute atomic E-state index is 5.11. The summed E-state index contributed by atoms with van der Waals surface area (Å²) in [6, 6.07) is 74.0. The Bertz CT molecular complexity index is 2640. The van der Waals surface area contributed by atoms with Crippen LogP contribution in [0.4, 0.5) is 0 Å². The van der Waals surface area contributed by atoms with E-state index in [1.807, 2.05) is 24.3 Å². The molecule has 0 radical (unpaired) electrons. The number of hydrogen-bond acceptors (Lipinski definition) is 2. The summed E-state index contributed by atoms with van der Waals surface area (Å²) >= 11 is 0. The summed E-state index contributed by atoms with van der Waals surface area (Å²) < 4.78 is 0. The normalized spacial score (nSPS) is 12.7. The first kappa shape index (κ1) is 30.9. The Balaban J connectivity index is 1.20. The van der Waals surface area contributed by atoms with Gasteiger partial charge in [-0.05, 0) is 67.4 Å². The highest BCUT2D eigenvalue weighted by Crippen LogP contribution is 2.60. The van der Waals surface area contributed by atoms with E-state index in [9.17, 15) is 0 Å². The van der Waals surface area contributed by atoms with Crippen LogP contribution in [0.25, 0.3) is 66.9 Å². The Morgan fingerprint density at radius 3 is 1.49 bits per heavy atom. The fourth-order valence-corrected chi connectivity index (χ4v) is 8.44. The summed E-state index contributed by atoms with van der Waals surface area (Å²) in [6.07, 6.45) is 0. The van der Waals surface area contributed by atoms with E-state index in [1.54, 1.807) is 0 Å². The van der Waals surface area contributed by atoms with Crippen molar-refractivity contribution in [2.75, 3.05) is 0 Å². The Hall–Kier alpha value is -6.90. The van der Waals surface area contributed by atoms with E-state index >= 15 is 0 Å². The second kappa shape index (κ2) is 12.7. The standard InChI is InChI=1S/C51H34N2/c1-5-17-36(18-6-1)46-34-47(53-50(52-46)38-19-7-2-8-20-38)37-31-29-35(30-32-37)44-33-39-21-13-14-26-42(39)49-48(44)43-27-15-16-28-45(43)51(49,40-22-9-3-10-23-40)41-24-11-4-12-25-41/h1-34H. The zero-order chi connectivity index (χ0) is 35.2. The SMILES string of the molecule is c1ccc(-c2cc(-c3ccc(-c4cc5ccccc5c5c4-c4ccccc4C5(c4ccccc4)c4ccccc4)cc3)nc(-c3ccccc3)n2)cc1. The van der Waals surface area contributed by atoms with E-state index in [2.05, 4.69) is 182 Å². The predicted molar refractivity (Wildman–Crippen MR) is 219 cm³/mol. The lowest BCUT2D eigenvalue weighted by molar-refractivity contribution is 0.775. The molecule has 8 aromatic carbocycles. The first-order valence-corrected chi connectivity index (χ1v) is 18.2. The van der Waals surface area contributed by atoms with Gasteiger partial charge >= 0.3 is 0 Å². The van der Waals surface area contributed by atoms with Crippen molar-refractivity contribution >= 4 is 10.8 Å². The zero-order valence-electron chi connectivity index (χ0n) is 29.0. The molecule has 0 fully saturated rings. The maximum Gasteiger partial charge on any atom is 0.160 e. The van der Waals surface area contributed by atoms with Crippen molar-refractivity contribution in [3.63, 3.8) is 0 Å². The molecule has 0 saturated carbocycles. The van der Waals surface area contributed by atoms with E-state index in [1.165, 1.54) is 55.3 Å². The number of benzene rings is 8. The van der Waals surface area contributed by atoms with Gasteiger partial charge in [0, 0.05) is 16.7 Å². The predicted octanol–water partition coefficient (Wildman–Crippen LogP) is 12.7. The van der Waals surface area contributed by atoms with Gasteiger partial charge in [0.05, 0.1) is 16.8 Å². The van der Waals surface area contributed by atoms with Crippen molar-refractivity contribution < 1.29 is 0 Å². The number of rotatable bonds is 6. The molecule has 53 heavy (non-hydrogen) atoms. The van der Waals surface area contributed by atoms with E-state index in [-0.39, 0.29) is 0 Å². The van der Waals surface area contributed by atoms with Gasteiger partial charge in [-0.15, -0.1) is 0 Å². The summed E-state index contributed by atoms with van der Waals surface area (Å²) in [4.78, 5) is 10.1. The highest BCUT2D eigenvalue weighted by atomic mass is 14.9. The smallest absolute Gasteiger partial charge is 0.160 e. The quantitative estimate of drug-likeness (QED) is 0.175. The summed E-state index contributed by atoms with van der Waals surface area (Å²) in [6.45, 7) is 0. The molecule has 0 atom stereocenters. The van der Waals surface area contributed by atoms with Crippen LogP contribution in [-0.2, 0) is 5.41 Å². The van der Waals surface area contributed by atoms with E-state index in [0.717, 1.165) is 28.1 Å². The van der Waals surface area contributed by atoms with Crippen LogP contribution in [0.3, 0.4) is 0 Å². The molecular weight excluding hydrogens is 641 g/mol. The minimum Gasteiger partial charge on any atom is -0.228 e. The van der Waals surface area contributed by atoms with Crippen molar-refractivity contribution in [1.29, 1.82) is 0 Å². The van der Waals surface area contributed by atoms with Gasteiger partial charge in [0.1, 0.15) is 0 Å². The number of fused-ring (bicyclic) bond motifs is 5. The highest BCUT2D eigenvalue weighted by molar-refractivity contribution is 6.06. The summed E-state index contributed by atoms with van der Waals surface area (Å²) in [5.41, 5.74) is 14.6. The van der Waals surface area contributed by atoms with Crippen LogP contribution in [0.5, 0.6) is 0 Å². The Morgan fingerprint density at radius 1 is 0.358 bits per heavy atom. The van der Waals surface area contributed by atoms with E-state index < -0.39 is 5.41 Å². The van der Waals surface area contributed by atoms with Crippen LogP contribution < -0.4 is 0 Å². The van der Waals surface area contributed by atoms with Gasteiger partial charge in [-0.25, -0.2) is 9.97 Å². The molecule has 0 spiro atoms. The van der Waals surface area contributed by atoms with Gasteiger partial charge < -0.3 is 0 Å². The molecule has 2 heteroatoms. The van der Waals surface area contributed by atoms with Crippen molar-refractivity contribution in [1.82, 2.24) is 9.97 Å². The molecule has 9 aromatic rings. The lowest BCUT2D eigenvalue weighted by Crippen LogP contribution is -2.28. The van der Waals surface area contributed by atoms with Gasteiger partial charge in [-0.3, -0.25) is 0 Å². The third-order valence-corrected chi connectivity index (χ3v) is 10.8. The third kappa shape index (κ3) is 5.03. The molecule has 0 bridgehead atoms. The lowest BCUT2D eigenvalue weighted by Gasteiger charge is -2.35. The van der Waals surface area contributed by atoms with Gasteiger partial charge in [0.2, 0.25) is 0 Å². The average molecular weight is 675 g/mol. The first-order chi connectivity index (χ1) is 26.3. The number of hydrogen-bond donors (Lipinski definition) is 0. The van der Waals surface area contributed by atoms with Crippen molar-refractivity contribution in [2.45, 2.75) is 5.41 Å². The molecule has 1 heterocycles. The molecule has 10 rings (SSSR count). The van der Waals surface area contributed by atoms with Crippen LogP contribution in [0.1, 0.15) is 22.3 Å². The third-order valence-electron chi connectivity index (χ3n) is 10.8. The van der Waals surface area contributed by atoms with Crippen molar-refractivity contribution in [3.8, 4) is 56.2 Å². The molecule has 248 valence electrons. The van der Waals surface area contributed by atoms with Gasteiger partial charge in [0.25, 0.3) is 0 Å². The largest absolute Gasteiger partial charge is 0.228 e. The van der Waals surface area contributed by atoms with E-state index in [0.29, 0.717) is 5.82 Å². The van der Waals surface area contributed by atoms with Crippen LogP contribution >= 0.6 is 0 Å². The fraction of sp³-hybridized carbons (Fsp3) is 0.0196. The average Bonchev–Trinajstić information content (AvgIpc) is 3.57. The topological polar surface area (TPSA) is 25.8 Å². The Labute approximate surface area is 309 Å². The van der Waals surface area contributed by atoms with Gasteiger partial charge in [-0.2, -0.15) is 0 Å². The summed E-state index contributed by atoms with van der Waals surface area (Å²) in [5, 5.41) is 2.50. The molecule has 0 aliphatic heterocycles. The summed E-state index contributed by atoms with van der Waals surface area (Å²) in [5.74, 6) is 0.716.